The van der Waals surface area contributed by atoms with Crippen molar-refractivity contribution in [2.75, 3.05) is 0 Å². The van der Waals surface area contributed by atoms with Crippen LogP contribution in [0.3, 0.4) is 0 Å². The molecule has 1 nitrogen and oxygen atoms in total. The van der Waals surface area contributed by atoms with Gasteiger partial charge in [0.05, 0.1) is 0 Å². The van der Waals surface area contributed by atoms with E-state index >= 15 is 0 Å². The zero-order valence-electron chi connectivity index (χ0n) is 9.27. The van der Waals surface area contributed by atoms with Crippen LogP contribution in [0.2, 0.25) is 0 Å². The van der Waals surface area contributed by atoms with E-state index in [1.807, 2.05) is 26.0 Å². The lowest BCUT2D eigenvalue weighted by Gasteiger charge is -2.09. The van der Waals surface area contributed by atoms with Crippen molar-refractivity contribution in [1.82, 2.24) is 0 Å². The molecule has 1 aromatic rings. The summed E-state index contributed by atoms with van der Waals surface area (Å²) in [5.41, 5.74) is 4.85. The second-order valence-electron chi connectivity index (χ2n) is 3.79. The predicted octanol–water partition coefficient (Wildman–Crippen LogP) is 3.37. The summed E-state index contributed by atoms with van der Waals surface area (Å²) in [5.74, 6) is 0.0469. The van der Waals surface area contributed by atoms with Crippen LogP contribution < -0.4 is 0 Å². The smallest absolute Gasteiger partial charge is 0.188 e. The van der Waals surface area contributed by atoms with E-state index < -0.39 is 0 Å². The van der Waals surface area contributed by atoms with Gasteiger partial charge in [-0.1, -0.05) is 18.7 Å². The molecule has 0 aromatic heterocycles. The fourth-order valence-corrected chi connectivity index (χ4v) is 1.43. The molecule has 0 atom stereocenters. The van der Waals surface area contributed by atoms with Gasteiger partial charge < -0.3 is 0 Å². The number of carbonyl (C=O) groups excluding carboxylic acids is 1. The van der Waals surface area contributed by atoms with Gasteiger partial charge in [-0.25, -0.2) is 0 Å². The van der Waals surface area contributed by atoms with Gasteiger partial charge in [-0.15, -0.1) is 0 Å². The lowest BCUT2D eigenvalue weighted by molar-refractivity contribution is 0.103. The van der Waals surface area contributed by atoms with Crippen molar-refractivity contribution >= 4 is 5.78 Å². The SMILES string of the molecule is C=C(C)C(=O)c1ccc(C)c(C)c1C. The Morgan fingerprint density at radius 1 is 1.14 bits per heavy atom. The average molecular weight is 188 g/mol. The molecule has 1 aromatic carbocycles. The van der Waals surface area contributed by atoms with Crippen LogP contribution in [0.5, 0.6) is 0 Å². The van der Waals surface area contributed by atoms with Gasteiger partial charge in [0.25, 0.3) is 0 Å². The minimum Gasteiger partial charge on any atom is -0.289 e. The van der Waals surface area contributed by atoms with E-state index in [2.05, 4.69) is 13.5 Å². The Balaban J connectivity index is 3.31. The maximum atomic E-state index is 11.7. The third kappa shape index (κ3) is 1.77. The molecule has 0 saturated heterocycles. The van der Waals surface area contributed by atoms with Gasteiger partial charge in [0.1, 0.15) is 0 Å². The van der Waals surface area contributed by atoms with Crippen LogP contribution in [0.1, 0.15) is 34.0 Å². The summed E-state index contributed by atoms with van der Waals surface area (Å²) in [4.78, 5) is 11.7. The van der Waals surface area contributed by atoms with E-state index in [9.17, 15) is 4.79 Å². The molecule has 0 aliphatic carbocycles. The number of rotatable bonds is 2. The maximum Gasteiger partial charge on any atom is 0.188 e. The lowest BCUT2D eigenvalue weighted by atomic mass is 9.94. The number of allylic oxidation sites excluding steroid dienone is 1. The van der Waals surface area contributed by atoms with Crippen molar-refractivity contribution in [1.29, 1.82) is 0 Å². The average Bonchev–Trinajstić information content (AvgIpc) is 2.13. The third-order valence-corrected chi connectivity index (χ3v) is 2.69. The maximum absolute atomic E-state index is 11.7. The monoisotopic (exact) mass is 188 g/mol. The summed E-state index contributed by atoms with van der Waals surface area (Å²) < 4.78 is 0. The van der Waals surface area contributed by atoms with Gasteiger partial charge in [0.15, 0.2) is 5.78 Å². The predicted molar refractivity (Wildman–Crippen MR) is 59.8 cm³/mol. The zero-order chi connectivity index (χ0) is 10.9. The van der Waals surface area contributed by atoms with Crippen molar-refractivity contribution in [3.8, 4) is 0 Å². The molecule has 0 spiro atoms. The normalized spacial score (nSPS) is 10.0. The molecule has 0 aliphatic rings. The van der Waals surface area contributed by atoms with Crippen LogP contribution in [0.4, 0.5) is 0 Å². The minimum absolute atomic E-state index is 0.0469. The van der Waals surface area contributed by atoms with E-state index in [1.54, 1.807) is 6.92 Å². The molecule has 0 fully saturated rings. The molecule has 0 unspecified atom stereocenters. The number of ketones is 1. The van der Waals surface area contributed by atoms with Crippen molar-refractivity contribution < 1.29 is 4.79 Å². The Bertz CT molecular complexity index is 400. The Labute approximate surface area is 85.5 Å². The molecule has 74 valence electrons. The number of hydrogen-bond donors (Lipinski definition) is 0. The fraction of sp³-hybridized carbons (Fsp3) is 0.308. The van der Waals surface area contributed by atoms with Crippen LogP contribution in [-0.4, -0.2) is 5.78 Å². The summed E-state index contributed by atoms with van der Waals surface area (Å²) in [7, 11) is 0. The molecule has 0 aliphatic heterocycles. The quantitative estimate of drug-likeness (QED) is 0.513. The highest BCUT2D eigenvalue weighted by atomic mass is 16.1. The molecular weight excluding hydrogens is 172 g/mol. The first-order chi connectivity index (χ1) is 6.45. The largest absolute Gasteiger partial charge is 0.289 e. The first kappa shape index (κ1) is 10.7. The molecule has 0 radical (unpaired) electrons. The summed E-state index contributed by atoms with van der Waals surface area (Å²) in [6.07, 6.45) is 0. The number of benzene rings is 1. The molecule has 0 saturated carbocycles. The molecule has 0 N–H and O–H groups in total. The number of Topliss-reactive ketones (excluding diaryl/α,β-unsaturated/α-hetero) is 1. The van der Waals surface area contributed by atoms with Gasteiger partial charge in [-0.3, -0.25) is 4.79 Å². The van der Waals surface area contributed by atoms with Gasteiger partial charge in [-0.2, -0.15) is 0 Å². The molecule has 0 heterocycles. The third-order valence-electron chi connectivity index (χ3n) is 2.69. The van der Waals surface area contributed by atoms with Crippen LogP contribution >= 0.6 is 0 Å². The Hall–Kier alpha value is -1.37. The van der Waals surface area contributed by atoms with Gasteiger partial charge in [-0.05, 0) is 50.0 Å². The van der Waals surface area contributed by atoms with Crippen molar-refractivity contribution in [2.24, 2.45) is 0 Å². The van der Waals surface area contributed by atoms with Gasteiger partial charge in [0, 0.05) is 5.56 Å². The number of carbonyl (C=O) groups is 1. The van der Waals surface area contributed by atoms with E-state index in [1.165, 1.54) is 11.1 Å². The van der Waals surface area contributed by atoms with Gasteiger partial charge >= 0.3 is 0 Å². The second kappa shape index (κ2) is 3.79. The Morgan fingerprint density at radius 2 is 1.71 bits per heavy atom. The fourth-order valence-electron chi connectivity index (χ4n) is 1.43. The first-order valence-corrected chi connectivity index (χ1v) is 4.72. The van der Waals surface area contributed by atoms with Crippen LogP contribution in [0.15, 0.2) is 24.3 Å². The highest BCUT2D eigenvalue weighted by molar-refractivity contribution is 6.09. The van der Waals surface area contributed by atoms with Crippen molar-refractivity contribution in [2.45, 2.75) is 27.7 Å². The summed E-state index contributed by atoms with van der Waals surface area (Å²) >= 11 is 0. The Morgan fingerprint density at radius 3 is 2.21 bits per heavy atom. The lowest BCUT2D eigenvalue weighted by Crippen LogP contribution is -2.04. The highest BCUT2D eigenvalue weighted by Gasteiger charge is 2.11. The molecule has 14 heavy (non-hydrogen) atoms. The topological polar surface area (TPSA) is 17.1 Å². The van der Waals surface area contributed by atoms with Crippen LogP contribution in [-0.2, 0) is 0 Å². The number of hydrogen-bond acceptors (Lipinski definition) is 1. The van der Waals surface area contributed by atoms with E-state index in [4.69, 9.17) is 0 Å². The second-order valence-corrected chi connectivity index (χ2v) is 3.79. The first-order valence-electron chi connectivity index (χ1n) is 4.72. The van der Waals surface area contributed by atoms with Crippen molar-refractivity contribution in [3.63, 3.8) is 0 Å². The van der Waals surface area contributed by atoms with E-state index in [-0.39, 0.29) is 5.78 Å². The molecule has 1 heteroatoms. The zero-order valence-corrected chi connectivity index (χ0v) is 9.27. The van der Waals surface area contributed by atoms with Crippen molar-refractivity contribution in [3.05, 3.63) is 46.5 Å². The van der Waals surface area contributed by atoms with E-state index in [0.717, 1.165) is 11.1 Å². The molecule has 0 bridgehead atoms. The summed E-state index contributed by atoms with van der Waals surface area (Å²) in [5, 5.41) is 0. The highest BCUT2D eigenvalue weighted by Crippen LogP contribution is 2.19. The summed E-state index contributed by atoms with van der Waals surface area (Å²) in [6, 6.07) is 3.87. The van der Waals surface area contributed by atoms with Crippen LogP contribution in [0.25, 0.3) is 0 Å². The van der Waals surface area contributed by atoms with E-state index in [0.29, 0.717) is 5.57 Å². The molecular formula is C13H16O. The minimum atomic E-state index is 0.0469. The van der Waals surface area contributed by atoms with Crippen LogP contribution in [0, 0.1) is 20.8 Å². The molecule has 0 amide bonds. The standard InChI is InChI=1S/C13H16O/c1-8(2)13(14)12-7-6-9(3)10(4)11(12)5/h6-7H,1H2,2-5H3. The molecule has 1 rings (SSSR count). The van der Waals surface area contributed by atoms with Gasteiger partial charge in [0.2, 0.25) is 0 Å². The summed E-state index contributed by atoms with van der Waals surface area (Å²) in [6.45, 7) is 11.5. The Kier molecular flexibility index (Phi) is 2.90. The number of aryl methyl sites for hydroxylation is 1.